The summed E-state index contributed by atoms with van der Waals surface area (Å²) >= 11 is 0. The lowest BCUT2D eigenvalue weighted by atomic mass is 10.1. The van der Waals surface area contributed by atoms with Gasteiger partial charge in [-0.15, -0.1) is 0 Å². The number of aromatic nitrogens is 1. The molecule has 0 unspecified atom stereocenters. The molecule has 1 aromatic carbocycles. The van der Waals surface area contributed by atoms with Gasteiger partial charge in [0.15, 0.2) is 0 Å². The summed E-state index contributed by atoms with van der Waals surface area (Å²) in [6.07, 6.45) is 0. The molecule has 0 aliphatic rings. The zero-order chi connectivity index (χ0) is 14.7. The highest BCUT2D eigenvalue weighted by atomic mass is 16.5. The fraction of sp³-hybridized carbons (Fsp3) is 0.200. The van der Waals surface area contributed by atoms with Gasteiger partial charge < -0.3 is 15.8 Å². The highest BCUT2D eigenvalue weighted by molar-refractivity contribution is 5.92. The van der Waals surface area contributed by atoms with Crippen molar-refractivity contribution in [1.82, 2.24) is 4.98 Å². The normalized spacial score (nSPS) is 10.2. The smallest absolute Gasteiger partial charge is 0.337 e. The summed E-state index contributed by atoms with van der Waals surface area (Å²) in [5.41, 5.74) is 10.3. The van der Waals surface area contributed by atoms with Gasteiger partial charge in [-0.3, -0.25) is 4.98 Å². The predicted molar refractivity (Wildman–Crippen MR) is 79.2 cm³/mol. The molecule has 0 saturated carbocycles. The van der Waals surface area contributed by atoms with Gasteiger partial charge in [-0.2, -0.15) is 0 Å². The standard InChI is InChI=1S/C15H17N3O2/c1-9-4-6-13(10(2)17-9)18-14-7-5-11(8-12(14)16)15(19)20-3/h4-8,18H,16H2,1-3H3. The number of methoxy groups -OCH3 is 1. The number of carbonyl (C=O) groups excluding carboxylic acids is 1. The Hall–Kier alpha value is -2.56. The number of nitrogens with zero attached hydrogens (tertiary/aromatic N) is 1. The topological polar surface area (TPSA) is 77.2 Å². The van der Waals surface area contributed by atoms with Crippen LogP contribution >= 0.6 is 0 Å². The predicted octanol–water partition coefficient (Wildman–Crippen LogP) is 2.81. The molecular formula is C15H17N3O2. The molecule has 0 fully saturated rings. The van der Waals surface area contributed by atoms with Crippen molar-refractivity contribution >= 4 is 23.0 Å². The number of carbonyl (C=O) groups is 1. The van der Waals surface area contributed by atoms with Gasteiger partial charge in [0, 0.05) is 5.69 Å². The Morgan fingerprint density at radius 1 is 1.20 bits per heavy atom. The molecule has 1 heterocycles. The van der Waals surface area contributed by atoms with Crippen LogP contribution in [0.5, 0.6) is 0 Å². The van der Waals surface area contributed by atoms with Crippen molar-refractivity contribution in [2.75, 3.05) is 18.2 Å². The van der Waals surface area contributed by atoms with Crippen molar-refractivity contribution in [1.29, 1.82) is 0 Å². The summed E-state index contributed by atoms with van der Waals surface area (Å²) in [6, 6.07) is 8.88. The molecule has 0 aliphatic heterocycles. The third-order valence-corrected chi connectivity index (χ3v) is 2.97. The SMILES string of the molecule is COC(=O)c1ccc(Nc2ccc(C)nc2C)c(N)c1. The first kappa shape index (κ1) is 13.9. The minimum absolute atomic E-state index is 0.406. The maximum absolute atomic E-state index is 11.4. The fourth-order valence-electron chi connectivity index (χ4n) is 1.89. The molecule has 3 N–H and O–H groups in total. The molecule has 2 aromatic rings. The van der Waals surface area contributed by atoms with Gasteiger partial charge >= 0.3 is 5.97 Å². The van der Waals surface area contributed by atoms with E-state index in [2.05, 4.69) is 15.0 Å². The molecule has 1 aromatic heterocycles. The number of esters is 1. The number of ether oxygens (including phenoxy) is 1. The molecular weight excluding hydrogens is 254 g/mol. The summed E-state index contributed by atoms with van der Waals surface area (Å²) in [4.78, 5) is 15.8. The van der Waals surface area contributed by atoms with Crippen molar-refractivity contribution < 1.29 is 9.53 Å². The van der Waals surface area contributed by atoms with Gasteiger partial charge in [-0.25, -0.2) is 4.79 Å². The Balaban J connectivity index is 2.28. The summed E-state index contributed by atoms with van der Waals surface area (Å²) in [7, 11) is 1.34. The number of nitrogen functional groups attached to an aromatic ring is 1. The lowest BCUT2D eigenvalue weighted by molar-refractivity contribution is 0.0601. The van der Waals surface area contributed by atoms with Gasteiger partial charge in [0.2, 0.25) is 0 Å². The highest BCUT2D eigenvalue weighted by Crippen LogP contribution is 2.25. The van der Waals surface area contributed by atoms with Crippen LogP contribution in [0.25, 0.3) is 0 Å². The van der Waals surface area contributed by atoms with Gasteiger partial charge in [0.05, 0.1) is 35.4 Å². The van der Waals surface area contributed by atoms with Crippen LogP contribution in [0.15, 0.2) is 30.3 Å². The third kappa shape index (κ3) is 2.88. The van der Waals surface area contributed by atoms with Crippen molar-refractivity contribution in [2.45, 2.75) is 13.8 Å². The van der Waals surface area contributed by atoms with E-state index < -0.39 is 5.97 Å². The molecule has 0 atom stereocenters. The van der Waals surface area contributed by atoms with Crippen LogP contribution in [0.2, 0.25) is 0 Å². The second-order valence-corrected chi connectivity index (χ2v) is 4.50. The molecule has 0 aliphatic carbocycles. The minimum atomic E-state index is -0.406. The Morgan fingerprint density at radius 3 is 2.50 bits per heavy atom. The van der Waals surface area contributed by atoms with Crippen LogP contribution in [0, 0.1) is 13.8 Å². The molecule has 0 radical (unpaired) electrons. The van der Waals surface area contributed by atoms with E-state index in [1.54, 1.807) is 18.2 Å². The lowest BCUT2D eigenvalue weighted by Gasteiger charge is -2.12. The number of nitrogens with two attached hydrogens (primary N) is 1. The first-order chi connectivity index (χ1) is 9.51. The van der Waals surface area contributed by atoms with Crippen LogP contribution in [-0.4, -0.2) is 18.1 Å². The van der Waals surface area contributed by atoms with Crippen LogP contribution in [-0.2, 0) is 4.74 Å². The highest BCUT2D eigenvalue weighted by Gasteiger charge is 2.09. The van der Waals surface area contributed by atoms with E-state index in [4.69, 9.17) is 5.73 Å². The largest absolute Gasteiger partial charge is 0.465 e. The van der Waals surface area contributed by atoms with Crippen LogP contribution < -0.4 is 11.1 Å². The minimum Gasteiger partial charge on any atom is -0.465 e. The number of benzene rings is 1. The second kappa shape index (κ2) is 5.61. The molecule has 104 valence electrons. The molecule has 20 heavy (non-hydrogen) atoms. The van der Waals surface area contributed by atoms with E-state index in [9.17, 15) is 4.79 Å². The number of nitrogens with one attached hydrogen (secondary N) is 1. The van der Waals surface area contributed by atoms with E-state index in [1.807, 2.05) is 26.0 Å². The number of pyridine rings is 1. The molecule has 0 amide bonds. The first-order valence-electron chi connectivity index (χ1n) is 6.20. The summed E-state index contributed by atoms with van der Waals surface area (Å²) in [5.74, 6) is -0.406. The van der Waals surface area contributed by atoms with E-state index in [0.29, 0.717) is 11.3 Å². The van der Waals surface area contributed by atoms with Crippen molar-refractivity contribution in [3.8, 4) is 0 Å². The first-order valence-corrected chi connectivity index (χ1v) is 6.20. The van der Waals surface area contributed by atoms with Crippen molar-refractivity contribution in [2.24, 2.45) is 0 Å². The zero-order valence-electron chi connectivity index (χ0n) is 11.7. The van der Waals surface area contributed by atoms with E-state index in [1.165, 1.54) is 7.11 Å². The zero-order valence-corrected chi connectivity index (χ0v) is 11.7. The Labute approximate surface area is 117 Å². The van der Waals surface area contributed by atoms with E-state index in [0.717, 1.165) is 22.8 Å². The number of hydrogen-bond donors (Lipinski definition) is 2. The summed E-state index contributed by atoms with van der Waals surface area (Å²) in [6.45, 7) is 3.87. The van der Waals surface area contributed by atoms with Crippen LogP contribution in [0.4, 0.5) is 17.1 Å². The molecule has 0 spiro atoms. The number of anilines is 3. The number of rotatable bonds is 3. The molecule has 5 nitrogen and oxygen atoms in total. The van der Waals surface area contributed by atoms with Gasteiger partial charge in [0.25, 0.3) is 0 Å². The average molecular weight is 271 g/mol. The maximum Gasteiger partial charge on any atom is 0.337 e. The third-order valence-electron chi connectivity index (χ3n) is 2.97. The van der Waals surface area contributed by atoms with Gasteiger partial charge in [-0.1, -0.05) is 0 Å². The quantitative estimate of drug-likeness (QED) is 0.663. The summed E-state index contributed by atoms with van der Waals surface area (Å²) in [5, 5.41) is 3.21. The lowest BCUT2D eigenvalue weighted by Crippen LogP contribution is -2.04. The second-order valence-electron chi connectivity index (χ2n) is 4.50. The Morgan fingerprint density at radius 2 is 1.90 bits per heavy atom. The van der Waals surface area contributed by atoms with Crippen molar-refractivity contribution in [3.63, 3.8) is 0 Å². The summed E-state index contributed by atoms with van der Waals surface area (Å²) < 4.78 is 4.66. The van der Waals surface area contributed by atoms with Crippen molar-refractivity contribution in [3.05, 3.63) is 47.3 Å². The molecule has 0 saturated heterocycles. The fourth-order valence-corrected chi connectivity index (χ4v) is 1.89. The van der Waals surface area contributed by atoms with Crippen LogP contribution in [0.1, 0.15) is 21.7 Å². The number of hydrogen-bond acceptors (Lipinski definition) is 5. The number of aryl methyl sites for hydroxylation is 2. The monoisotopic (exact) mass is 271 g/mol. The average Bonchev–Trinajstić information content (AvgIpc) is 2.42. The molecule has 2 rings (SSSR count). The Kier molecular flexibility index (Phi) is 3.89. The van der Waals surface area contributed by atoms with Gasteiger partial charge in [0.1, 0.15) is 0 Å². The Bertz CT molecular complexity index is 654. The molecule has 0 bridgehead atoms. The maximum atomic E-state index is 11.4. The molecule has 5 heteroatoms. The van der Waals surface area contributed by atoms with Crippen LogP contribution in [0.3, 0.4) is 0 Å². The van der Waals surface area contributed by atoms with E-state index in [-0.39, 0.29) is 0 Å². The van der Waals surface area contributed by atoms with E-state index >= 15 is 0 Å². The van der Waals surface area contributed by atoms with Gasteiger partial charge in [-0.05, 0) is 44.2 Å².